The van der Waals surface area contributed by atoms with E-state index in [4.69, 9.17) is 5.11 Å². The number of benzene rings is 1. The van der Waals surface area contributed by atoms with E-state index in [2.05, 4.69) is 25.7 Å². The van der Waals surface area contributed by atoms with E-state index in [-0.39, 0.29) is 11.8 Å². The number of carbonyl (C=O) groups excluding carboxylic acids is 4. The highest BCUT2D eigenvalue weighted by molar-refractivity contribution is 6.40. The first-order valence-corrected chi connectivity index (χ1v) is 10.4. The Morgan fingerprint density at radius 1 is 1.03 bits per heavy atom. The number of nitrogens with zero attached hydrogens (tertiary/aromatic N) is 1. The third-order valence-corrected chi connectivity index (χ3v) is 4.65. The fourth-order valence-electron chi connectivity index (χ4n) is 2.75. The highest BCUT2D eigenvalue weighted by Crippen LogP contribution is 2.26. The van der Waals surface area contributed by atoms with Crippen LogP contribution in [0.4, 0.5) is 23.2 Å². The number of aliphatic carboxylic acids is 1. The second kappa shape index (κ2) is 12.9. The molecule has 0 fully saturated rings. The van der Waals surface area contributed by atoms with Gasteiger partial charge in [0.1, 0.15) is 12.6 Å². The number of rotatable bonds is 11. The van der Waals surface area contributed by atoms with Gasteiger partial charge >= 0.3 is 17.8 Å². The van der Waals surface area contributed by atoms with Crippen molar-refractivity contribution in [1.29, 1.82) is 0 Å². The number of carboxylic acids is 1. The van der Waals surface area contributed by atoms with E-state index in [1.54, 1.807) is 0 Å². The Balaban J connectivity index is 2.03. The van der Waals surface area contributed by atoms with Gasteiger partial charge in [0.15, 0.2) is 23.2 Å². The maximum Gasteiger partial charge on any atom is 0.313 e. The summed E-state index contributed by atoms with van der Waals surface area (Å²) in [6, 6.07) is -0.126. The number of aromatic nitrogens is 1. The van der Waals surface area contributed by atoms with Gasteiger partial charge in [0.25, 0.3) is 0 Å². The Kier molecular flexibility index (Phi) is 10.0. The molecule has 0 bridgehead atoms. The highest BCUT2D eigenvalue weighted by Gasteiger charge is 2.28. The molecule has 0 radical (unpaired) electrons. The average Bonchev–Trinajstić information content (AvgIpc) is 2.85. The van der Waals surface area contributed by atoms with Gasteiger partial charge in [-0.2, -0.15) is 8.78 Å². The molecular weight excluding hydrogens is 508 g/mol. The number of carboxylic acid groups (broad SMARTS) is 1. The average molecular weight is 528 g/mol. The summed E-state index contributed by atoms with van der Waals surface area (Å²) in [4.78, 5) is 63.6. The molecule has 2 atom stereocenters. The van der Waals surface area contributed by atoms with Gasteiger partial charge in [-0.25, -0.2) is 8.78 Å². The number of nitrogens with one attached hydrogen (secondary N) is 3. The van der Waals surface area contributed by atoms with Crippen molar-refractivity contribution in [3.8, 4) is 5.75 Å². The molecule has 0 aliphatic rings. The number of carbonyl (C=O) groups is 5. The molecule has 0 saturated carbocycles. The fourth-order valence-corrected chi connectivity index (χ4v) is 2.75. The lowest BCUT2D eigenvalue weighted by Crippen LogP contribution is -2.52. The summed E-state index contributed by atoms with van der Waals surface area (Å²) in [6.45, 7) is -0.0460. The Morgan fingerprint density at radius 3 is 2.24 bits per heavy atom. The molecule has 0 unspecified atom stereocenters. The first kappa shape index (κ1) is 28.7. The fraction of sp³-hybridized carbons (Fsp3) is 0.273. The SMILES string of the molecule is C[C@H](NC(=O)C(=O)Nc1cccnc1)C(=O)N[C@@H](CCC(=O)O)C(=O)COc1c(F)c(F)cc(F)c1F. The predicted octanol–water partition coefficient (Wildman–Crippen LogP) is 1.08. The molecule has 37 heavy (non-hydrogen) atoms. The number of hydrogen-bond acceptors (Lipinski definition) is 7. The summed E-state index contributed by atoms with van der Waals surface area (Å²) in [5, 5.41) is 15.3. The predicted molar refractivity (Wildman–Crippen MR) is 116 cm³/mol. The molecule has 0 aliphatic carbocycles. The molecule has 11 nitrogen and oxygen atoms in total. The zero-order chi connectivity index (χ0) is 27.7. The van der Waals surface area contributed by atoms with Gasteiger partial charge in [-0.3, -0.25) is 29.0 Å². The minimum Gasteiger partial charge on any atom is -0.481 e. The van der Waals surface area contributed by atoms with Crippen molar-refractivity contribution in [2.75, 3.05) is 11.9 Å². The van der Waals surface area contributed by atoms with Crippen molar-refractivity contribution >= 4 is 35.2 Å². The van der Waals surface area contributed by atoms with Crippen LogP contribution in [0.25, 0.3) is 0 Å². The van der Waals surface area contributed by atoms with Crippen LogP contribution in [0.2, 0.25) is 0 Å². The number of halogens is 4. The molecule has 0 saturated heterocycles. The van der Waals surface area contributed by atoms with Gasteiger partial charge in [-0.1, -0.05) is 0 Å². The van der Waals surface area contributed by atoms with E-state index >= 15 is 0 Å². The Bertz CT molecular complexity index is 1170. The molecule has 2 rings (SSSR count). The molecule has 0 aliphatic heterocycles. The van der Waals surface area contributed by atoms with Gasteiger partial charge in [0, 0.05) is 18.7 Å². The summed E-state index contributed by atoms with van der Waals surface area (Å²) >= 11 is 0. The van der Waals surface area contributed by atoms with E-state index in [1.807, 2.05) is 0 Å². The van der Waals surface area contributed by atoms with E-state index in [1.165, 1.54) is 24.5 Å². The van der Waals surface area contributed by atoms with Crippen LogP contribution in [-0.2, 0) is 24.0 Å². The molecule has 1 aromatic carbocycles. The minimum absolute atomic E-state index is 0.0675. The third kappa shape index (κ3) is 8.26. The Morgan fingerprint density at radius 2 is 1.68 bits per heavy atom. The number of anilines is 1. The standard InChI is InChI=1S/C22H20F4N4O7/c1-10(28-21(35)22(36)29-11-3-2-6-27-8-11)20(34)30-14(4-5-16(32)33)15(31)9-37-19-17(25)12(23)7-13(24)18(19)26/h2-3,6-8,10,14H,4-5,9H2,1H3,(H,28,35)(H,29,36)(H,30,34)(H,32,33)/t10-,14-/m0/s1. The normalized spacial score (nSPS) is 12.1. The number of ketones is 1. The summed E-state index contributed by atoms with van der Waals surface area (Å²) in [6.07, 6.45) is 1.55. The highest BCUT2D eigenvalue weighted by atomic mass is 19.2. The second-order valence-corrected chi connectivity index (χ2v) is 7.44. The molecule has 0 spiro atoms. The summed E-state index contributed by atoms with van der Waals surface area (Å²) in [5.74, 6) is -14.7. The zero-order valence-electron chi connectivity index (χ0n) is 19.0. The molecule has 15 heteroatoms. The molecule has 4 N–H and O–H groups in total. The van der Waals surface area contributed by atoms with Gasteiger partial charge in [0.05, 0.1) is 17.9 Å². The lowest BCUT2D eigenvalue weighted by molar-refractivity contribution is -0.139. The van der Waals surface area contributed by atoms with Crippen LogP contribution in [0.5, 0.6) is 5.75 Å². The third-order valence-electron chi connectivity index (χ3n) is 4.65. The number of hydrogen-bond donors (Lipinski definition) is 4. The van der Waals surface area contributed by atoms with E-state index in [9.17, 15) is 41.5 Å². The Labute approximate surface area is 206 Å². The summed E-state index contributed by atoms with van der Waals surface area (Å²) in [7, 11) is 0. The maximum absolute atomic E-state index is 13.7. The van der Waals surface area contributed by atoms with E-state index in [0.29, 0.717) is 0 Å². The van der Waals surface area contributed by atoms with Gasteiger partial charge in [-0.05, 0) is 25.5 Å². The van der Waals surface area contributed by atoms with Crippen LogP contribution in [-0.4, -0.2) is 58.3 Å². The van der Waals surface area contributed by atoms with Gasteiger partial charge in [-0.15, -0.1) is 0 Å². The summed E-state index contributed by atoms with van der Waals surface area (Å²) in [5.41, 5.74) is 0.199. The lowest BCUT2D eigenvalue weighted by atomic mass is 10.1. The van der Waals surface area contributed by atoms with Crippen LogP contribution in [0, 0.1) is 23.3 Å². The molecule has 1 heterocycles. The van der Waals surface area contributed by atoms with Crippen molar-refractivity contribution in [3.05, 3.63) is 53.9 Å². The van der Waals surface area contributed by atoms with Crippen LogP contribution >= 0.6 is 0 Å². The zero-order valence-corrected chi connectivity index (χ0v) is 19.0. The second-order valence-electron chi connectivity index (χ2n) is 7.44. The summed E-state index contributed by atoms with van der Waals surface area (Å²) < 4.78 is 58.7. The Hall–Kier alpha value is -4.56. The van der Waals surface area contributed by atoms with Crippen molar-refractivity contribution in [3.63, 3.8) is 0 Å². The molecule has 2 aromatic rings. The first-order valence-electron chi connectivity index (χ1n) is 10.4. The smallest absolute Gasteiger partial charge is 0.313 e. The van der Waals surface area contributed by atoms with Crippen LogP contribution in [0.15, 0.2) is 30.6 Å². The van der Waals surface area contributed by atoms with Crippen molar-refractivity contribution < 1.29 is 51.4 Å². The number of pyridine rings is 1. The quantitative estimate of drug-likeness (QED) is 0.191. The van der Waals surface area contributed by atoms with E-state index < -0.39 is 90.0 Å². The number of amides is 3. The lowest BCUT2D eigenvalue weighted by Gasteiger charge is -2.20. The number of ether oxygens (including phenoxy) is 1. The van der Waals surface area contributed by atoms with Crippen molar-refractivity contribution in [2.45, 2.75) is 31.8 Å². The number of Topliss-reactive ketones (excluding diaryl/α,β-unsaturated/α-hetero) is 1. The van der Waals surface area contributed by atoms with Crippen LogP contribution in [0.3, 0.4) is 0 Å². The maximum atomic E-state index is 13.7. The van der Waals surface area contributed by atoms with Gasteiger partial charge < -0.3 is 25.8 Å². The van der Waals surface area contributed by atoms with E-state index in [0.717, 1.165) is 6.92 Å². The first-order chi connectivity index (χ1) is 17.4. The largest absolute Gasteiger partial charge is 0.481 e. The van der Waals surface area contributed by atoms with Crippen molar-refractivity contribution in [2.24, 2.45) is 0 Å². The van der Waals surface area contributed by atoms with Gasteiger partial charge in [0.2, 0.25) is 17.5 Å². The van der Waals surface area contributed by atoms with Crippen molar-refractivity contribution in [1.82, 2.24) is 15.6 Å². The molecule has 198 valence electrons. The minimum atomic E-state index is -1.90. The molecule has 3 amide bonds. The molecule has 1 aromatic heterocycles. The van der Waals surface area contributed by atoms with Crippen LogP contribution < -0.4 is 20.7 Å². The monoisotopic (exact) mass is 528 g/mol. The van der Waals surface area contributed by atoms with Crippen LogP contribution in [0.1, 0.15) is 19.8 Å². The molecular formula is C22H20F4N4O7. The topological polar surface area (TPSA) is 164 Å².